The minimum Gasteiger partial charge on any atom is -0.464 e. The molecule has 4 atom stereocenters. The lowest BCUT2D eigenvalue weighted by Crippen LogP contribution is -2.42. The Labute approximate surface area is 445 Å². The summed E-state index contributed by atoms with van der Waals surface area (Å²) in [6.45, 7) is 24.1. The molecule has 0 rings (SSSR count). The van der Waals surface area contributed by atoms with Gasteiger partial charge in [0, 0.05) is 52.4 Å². The highest BCUT2D eigenvalue weighted by molar-refractivity contribution is 5.73. The SMILES string of the molecule is CCCCCCC(CCCC)C(=O)OCCN(CCOC(=O)C(CCCC)CCCCCC)CCN(C)CCN(CCOC(=O)C(CCCC)CCCCCC)CCOC(=O)C(CCCC)CCCCCC. The molecule has 4 unspecified atom stereocenters. The van der Waals surface area contributed by atoms with Crippen molar-refractivity contribution in [3.63, 3.8) is 0 Å². The van der Waals surface area contributed by atoms with Gasteiger partial charge in [-0.15, -0.1) is 0 Å². The molecule has 0 N–H and O–H groups in total. The first-order chi connectivity index (χ1) is 35.0. The number of carbonyl (C=O) groups excluding carboxylic acids is 4. The molecule has 11 nitrogen and oxygen atoms in total. The molecule has 0 amide bonds. The Morgan fingerprint density at radius 2 is 0.486 bits per heavy atom. The number of esters is 4. The van der Waals surface area contributed by atoms with Crippen LogP contribution in [0.2, 0.25) is 0 Å². The topological polar surface area (TPSA) is 115 Å². The smallest absolute Gasteiger partial charge is 0.308 e. The second-order valence-electron chi connectivity index (χ2n) is 21.4. The summed E-state index contributed by atoms with van der Waals surface area (Å²) in [6.07, 6.45) is 33.8. The van der Waals surface area contributed by atoms with Crippen LogP contribution < -0.4 is 0 Å². The van der Waals surface area contributed by atoms with Crippen LogP contribution in [0.15, 0.2) is 0 Å². The Morgan fingerprint density at radius 3 is 0.694 bits per heavy atom. The number of ether oxygens (including phenoxy) is 4. The average molecular weight is 1020 g/mol. The van der Waals surface area contributed by atoms with Crippen molar-refractivity contribution < 1.29 is 38.1 Å². The minimum absolute atomic E-state index is 0.0502. The summed E-state index contributed by atoms with van der Waals surface area (Å²) in [5.41, 5.74) is 0. The third kappa shape index (κ3) is 39.2. The second kappa shape index (κ2) is 50.9. The van der Waals surface area contributed by atoms with E-state index in [2.05, 4.69) is 77.1 Å². The molecule has 426 valence electrons. The van der Waals surface area contributed by atoms with Gasteiger partial charge < -0.3 is 23.8 Å². The lowest BCUT2D eigenvalue weighted by atomic mass is 9.95. The maximum atomic E-state index is 13.4. The summed E-state index contributed by atoms with van der Waals surface area (Å²) in [7, 11) is 2.12. The van der Waals surface area contributed by atoms with Crippen molar-refractivity contribution in [3.8, 4) is 0 Å². The van der Waals surface area contributed by atoms with Crippen LogP contribution in [0.1, 0.15) is 261 Å². The second-order valence-corrected chi connectivity index (χ2v) is 21.4. The van der Waals surface area contributed by atoms with Gasteiger partial charge in [0.1, 0.15) is 26.4 Å². The van der Waals surface area contributed by atoms with E-state index in [9.17, 15) is 19.2 Å². The van der Waals surface area contributed by atoms with E-state index in [1.165, 1.54) is 51.4 Å². The molecule has 0 aromatic heterocycles. The van der Waals surface area contributed by atoms with Crippen LogP contribution >= 0.6 is 0 Å². The van der Waals surface area contributed by atoms with Gasteiger partial charge in [-0.05, 0) is 58.4 Å². The largest absolute Gasteiger partial charge is 0.464 e. The van der Waals surface area contributed by atoms with E-state index >= 15 is 0 Å². The molecule has 0 bridgehead atoms. The van der Waals surface area contributed by atoms with Crippen LogP contribution in [0.25, 0.3) is 0 Å². The third-order valence-corrected chi connectivity index (χ3v) is 14.8. The first-order valence-electron chi connectivity index (χ1n) is 30.8. The molecule has 72 heavy (non-hydrogen) atoms. The molecule has 0 fully saturated rings. The van der Waals surface area contributed by atoms with Gasteiger partial charge in [0.15, 0.2) is 0 Å². The number of unbranched alkanes of at least 4 members (excludes halogenated alkanes) is 16. The monoisotopic (exact) mass is 1020 g/mol. The standard InChI is InChI=1S/C61H119N3O8/c1-10-18-26-30-38-54(34-22-14-5)58(65)69-50-46-63(47-51-70-59(66)55(35-23-15-6)39-31-27-19-11-2)44-42-62(9)43-45-64(48-52-71-60(67)56(36-24-16-7)40-32-28-20-12-3)49-53-72-61(68)57(37-25-17-8)41-33-29-21-13-4/h54-57H,10-53H2,1-9H3. The molecule has 11 heteroatoms. The quantitative estimate of drug-likeness (QED) is 0.0329. The van der Waals surface area contributed by atoms with Crippen molar-refractivity contribution in [1.29, 1.82) is 0 Å². The van der Waals surface area contributed by atoms with E-state index < -0.39 is 0 Å². The first kappa shape index (κ1) is 69.8. The van der Waals surface area contributed by atoms with Gasteiger partial charge in [-0.3, -0.25) is 29.0 Å². The highest BCUT2D eigenvalue weighted by atomic mass is 16.5. The normalized spacial score (nSPS) is 13.4. The van der Waals surface area contributed by atoms with Crippen molar-refractivity contribution in [2.75, 3.05) is 85.8 Å². The highest BCUT2D eigenvalue weighted by Gasteiger charge is 2.24. The summed E-state index contributed by atoms with van der Waals surface area (Å²) in [5, 5.41) is 0. The Kier molecular flexibility index (Phi) is 49.3. The van der Waals surface area contributed by atoms with Gasteiger partial charge in [-0.1, -0.05) is 209 Å². The molecule has 0 aliphatic carbocycles. The number of rotatable bonds is 54. The molecule has 0 aliphatic rings. The van der Waals surface area contributed by atoms with E-state index in [4.69, 9.17) is 18.9 Å². The fourth-order valence-corrected chi connectivity index (χ4v) is 9.57. The summed E-state index contributed by atoms with van der Waals surface area (Å²) in [6, 6.07) is 0. The number of hydrogen-bond acceptors (Lipinski definition) is 11. The van der Waals surface area contributed by atoms with Crippen LogP contribution in [0.4, 0.5) is 0 Å². The van der Waals surface area contributed by atoms with Gasteiger partial charge in [0.05, 0.1) is 23.7 Å². The van der Waals surface area contributed by atoms with E-state index in [1.54, 1.807) is 0 Å². The molecule has 0 radical (unpaired) electrons. The van der Waals surface area contributed by atoms with Gasteiger partial charge in [0.2, 0.25) is 0 Å². The predicted octanol–water partition coefficient (Wildman–Crippen LogP) is 14.8. The molecule has 0 heterocycles. The predicted molar refractivity (Wildman–Crippen MR) is 301 cm³/mol. The minimum atomic E-state index is -0.0753. The summed E-state index contributed by atoms with van der Waals surface area (Å²) < 4.78 is 24.0. The highest BCUT2D eigenvalue weighted by Crippen LogP contribution is 2.23. The van der Waals surface area contributed by atoms with E-state index in [-0.39, 0.29) is 47.5 Å². The lowest BCUT2D eigenvalue weighted by molar-refractivity contribution is -0.151. The fourth-order valence-electron chi connectivity index (χ4n) is 9.57. The van der Waals surface area contributed by atoms with Crippen molar-refractivity contribution in [3.05, 3.63) is 0 Å². The van der Waals surface area contributed by atoms with Crippen molar-refractivity contribution >= 4 is 23.9 Å². The lowest BCUT2D eigenvalue weighted by Gasteiger charge is -2.28. The Morgan fingerprint density at radius 1 is 0.278 bits per heavy atom. The number of hydrogen-bond donors (Lipinski definition) is 0. The Balaban J connectivity index is 5.98. The molecule has 0 aromatic rings. The number of carbonyl (C=O) groups is 4. The van der Waals surface area contributed by atoms with Gasteiger partial charge in [0.25, 0.3) is 0 Å². The Hall–Kier alpha value is -2.24. The zero-order chi connectivity index (χ0) is 53.3. The first-order valence-corrected chi connectivity index (χ1v) is 30.8. The third-order valence-electron chi connectivity index (χ3n) is 14.8. The summed E-state index contributed by atoms with van der Waals surface area (Å²) >= 11 is 0. The maximum absolute atomic E-state index is 13.4. The molecule has 0 saturated carbocycles. The molecule has 0 spiro atoms. The fraction of sp³-hybridized carbons (Fsp3) is 0.934. The van der Waals surface area contributed by atoms with Crippen LogP contribution in [-0.2, 0) is 38.1 Å². The van der Waals surface area contributed by atoms with E-state index in [0.717, 1.165) is 180 Å². The average Bonchev–Trinajstić information content (AvgIpc) is 3.37. The molecule has 0 saturated heterocycles. The van der Waals surface area contributed by atoms with Gasteiger partial charge in [-0.25, -0.2) is 0 Å². The molecule has 0 aliphatic heterocycles. The molecular weight excluding hydrogens is 903 g/mol. The van der Waals surface area contributed by atoms with Crippen LogP contribution in [0.3, 0.4) is 0 Å². The number of nitrogens with zero attached hydrogens (tertiary/aromatic N) is 3. The Bertz CT molecular complexity index is 1080. The van der Waals surface area contributed by atoms with Crippen LogP contribution in [0, 0.1) is 23.7 Å². The summed E-state index contributed by atoms with van der Waals surface area (Å²) in [4.78, 5) is 60.5. The summed E-state index contributed by atoms with van der Waals surface area (Å²) in [5.74, 6) is -0.502. The van der Waals surface area contributed by atoms with E-state index in [1.807, 2.05) is 0 Å². The van der Waals surface area contributed by atoms with Gasteiger partial charge >= 0.3 is 23.9 Å². The zero-order valence-electron chi connectivity index (χ0n) is 49.0. The molecule has 0 aromatic carbocycles. The van der Waals surface area contributed by atoms with Crippen molar-refractivity contribution in [2.24, 2.45) is 23.7 Å². The van der Waals surface area contributed by atoms with Gasteiger partial charge in [-0.2, -0.15) is 0 Å². The molecular formula is C61H119N3O8. The van der Waals surface area contributed by atoms with Crippen molar-refractivity contribution in [1.82, 2.24) is 14.7 Å². The number of likely N-dealkylation sites (N-methyl/N-ethyl adjacent to an activating group) is 1. The van der Waals surface area contributed by atoms with Crippen molar-refractivity contribution in [2.45, 2.75) is 261 Å². The van der Waals surface area contributed by atoms with Crippen LogP contribution in [0.5, 0.6) is 0 Å². The maximum Gasteiger partial charge on any atom is 0.308 e. The van der Waals surface area contributed by atoms with Crippen LogP contribution in [-0.4, -0.2) is 124 Å². The zero-order valence-corrected chi connectivity index (χ0v) is 49.0. The van der Waals surface area contributed by atoms with E-state index in [0.29, 0.717) is 52.6 Å².